The number of hydrogen-bond acceptors (Lipinski definition) is 2. The standard InChI is InChI=1S/C12H8Cl3NO/c13-7-9-2-1-3-12(16-9)17-11-6-8(14)4-5-10(11)15/h1-6H,7H2. The van der Waals surface area contributed by atoms with Crippen LogP contribution in [0.4, 0.5) is 0 Å². The number of hydrogen-bond donors (Lipinski definition) is 0. The zero-order chi connectivity index (χ0) is 12.3. The van der Waals surface area contributed by atoms with Crippen molar-refractivity contribution in [2.24, 2.45) is 0 Å². The van der Waals surface area contributed by atoms with Crippen molar-refractivity contribution in [2.45, 2.75) is 5.88 Å². The Bertz CT molecular complexity index is 531. The summed E-state index contributed by atoms with van der Waals surface area (Å²) in [6.45, 7) is 0. The highest BCUT2D eigenvalue weighted by Gasteiger charge is 2.05. The molecule has 0 N–H and O–H groups in total. The van der Waals surface area contributed by atoms with E-state index in [0.29, 0.717) is 27.6 Å². The molecule has 1 aromatic carbocycles. The number of ether oxygens (including phenoxy) is 1. The molecule has 5 heteroatoms. The van der Waals surface area contributed by atoms with Crippen molar-refractivity contribution in [1.29, 1.82) is 0 Å². The molecule has 0 aliphatic rings. The lowest BCUT2D eigenvalue weighted by atomic mass is 10.3. The molecule has 0 saturated heterocycles. The smallest absolute Gasteiger partial charge is 0.219 e. The molecule has 0 fully saturated rings. The summed E-state index contributed by atoms with van der Waals surface area (Å²) < 4.78 is 5.55. The predicted molar refractivity (Wildman–Crippen MR) is 70.3 cm³/mol. The van der Waals surface area contributed by atoms with Crippen LogP contribution in [0.15, 0.2) is 36.4 Å². The molecule has 0 saturated carbocycles. The van der Waals surface area contributed by atoms with Crippen LogP contribution >= 0.6 is 34.8 Å². The number of benzene rings is 1. The van der Waals surface area contributed by atoms with Gasteiger partial charge < -0.3 is 4.74 Å². The number of alkyl halides is 1. The summed E-state index contributed by atoms with van der Waals surface area (Å²) in [6.07, 6.45) is 0. The van der Waals surface area contributed by atoms with Gasteiger partial charge in [0.05, 0.1) is 16.6 Å². The highest BCUT2D eigenvalue weighted by molar-refractivity contribution is 6.34. The van der Waals surface area contributed by atoms with Gasteiger partial charge in [-0.25, -0.2) is 4.98 Å². The van der Waals surface area contributed by atoms with Crippen LogP contribution < -0.4 is 4.74 Å². The van der Waals surface area contributed by atoms with Crippen molar-refractivity contribution in [2.75, 3.05) is 0 Å². The molecule has 0 amide bonds. The average Bonchev–Trinajstić information content (AvgIpc) is 2.34. The average molecular weight is 289 g/mol. The van der Waals surface area contributed by atoms with Crippen LogP contribution in [0.25, 0.3) is 0 Å². The number of pyridine rings is 1. The van der Waals surface area contributed by atoms with Crippen molar-refractivity contribution < 1.29 is 4.74 Å². The van der Waals surface area contributed by atoms with E-state index >= 15 is 0 Å². The third-order valence-corrected chi connectivity index (χ3v) is 2.85. The Kier molecular flexibility index (Phi) is 4.11. The molecule has 2 nitrogen and oxygen atoms in total. The summed E-state index contributed by atoms with van der Waals surface area (Å²) in [5.74, 6) is 1.24. The van der Waals surface area contributed by atoms with Crippen LogP contribution in [0.3, 0.4) is 0 Å². The lowest BCUT2D eigenvalue weighted by molar-refractivity contribution is 0.462. The van der Waals surface area contributed by atoms with Gasteiger partial charge in [-0.1, -0.05) is 29.3 Å². The number of rotatable bonds is 3. The lowest BCUT2D eigenvalue weighted by Crippen LogP contribution is -1.91. The zero-order valence-electron chi connectivity index (χ0n) is 8.66. The second kappa shape index (κ2) is 5.58. The summed E-state index contributed by atoms with van der Waals surface area (Å²) in [5.41, 5.74) is 0.738. The third-order valence-electron chi connectivity index (χ3n) is 2.03. The van der Waals surface area contributed by atoms with Crippen molar-refractivity contribution in [3.63, 3.8) is 0 Å². The van der Waals surface area contributed by atoms with Crippen LogP contribution in [-0.2, 0) is 5.88 Å². The normalized spacial score (nSPS) is 10.3. The van der Waals surface area contributed by atoms with E-state index in [4.69, 9.17) is 39.5 Å². The molecule has 88 valence electrons. The maximum atomic E-state index is 5.98. The first kappa shape index (κ1) is 12.5. The fraction of sp³-hybridized carbons (Fsp3) is 0.0833. The van der Waals surface area contributed by atoms with E-state index in [9.17, 15) is 0 Å². The van der Waals surface area contributed by atoms with Gasteiger partial charge in [-0.3, -0.25) is 0 Å². The first-order valence-electron chi connectivity index (χ1n) is 4.84. The molecular formula is C12H8Cl3NO. The molecule has 0 atom stereocenters. The number of halogens is 3. The van der Waals surface area contributed by atoms with Gasteiger partial charge in [0.1, 0.15) is 5.75 Å². The van der Waals surface area contributed by atoms with Crippen LogP contribution in [0, 0.1) is 0 Å². The van der Waals surface area contributed by atoms with Crippen LogP contribution in [-0.4, -0.2) is 4.98 Å². The monoisotopic (exact) mass is 287 g/mol. The summed E-state index contributed by atoms with van der Waals surface area (Å²) in [5, 5.41) is 1.03. The minimum absolute atomic E-state index is 0.334. The molecule has 2 aromatic rings. The Morgan fingerprint density at radius 1 is 1.12 bits per heavy atom. The van der Waals surface area contributed by atoms with E-state index in [1.165, 1.54) is 0 Å². The van der Waals surface area contributed by atoms with Gasteiger partial charge in [0.2, 0.25) is 5.88 Å². The molecule has 0 unspecified atom stereocenters. The third kappa shape index (κ3) is 3.25. The van der Waals surface area contributed by atoms with Crippen molar-refractivity contribution in [1.82, 2.24) is 4.98 Å². The first-order chi connectivity index (χ1) is 8.19. The Balaban J connectivity index is 2.27. The van der Waals surface area contributed by atoms with Gasteiger partial charge >= 0.3 is 0 Å². The minimum atomic E-state index is 0.334. The van der Waals surface area contributed by atoms with Gasteiger partial charge in [-0.2, -0.15) is 0 Å². The van der Waals surface area contributed by atoms with E-state index in [1.54, 1.807) is 24.3 Å². The highest BCUT2D eigenvalue weighted by atomic mass is 35.5. The van der Waals surface area contributed by atoms with Gasteiger partial charge in [-0.05, 0) is 18.2 Å². The van der Waals surface area contributed by atoms with Crippen LogP contribution in [0.1, 0.15) is 5.69 Å². The zero-order valence-corrected chi connectivity index (χ0v) is 10.9. The summed E-state index contributed by atoms with van der Waals surface area (Å²) in [6, 6.07) is 10.4. The predicted octanol–water partition coefficient (Wildman–Crippen LogP) is 4.92. The molecule has 1 heterocycles. The van der Waals surface area contributed by atoms with Gasteiger partial charge in [-0.15, -0.1) is 11.6 Å². The molecule has 0 spiro atoms. The van der Waals surface area contributed by atoms with E-state index in [1.807, 2.05) is 12.1 Å². The second-order valence-electron chi connectivity index (χ2n) is 3.28. The Morgan fingerprint density at radius 2 is 1.94 bits per heavy atom. The molecule has 0 bridgehead atoms. The lowest BCUT2D eigenvalue weighted by Gasteiger charge is -2.07. The second-order valence-corrected chi connectivity index (χ2v) is 4.39. The molecule has 0 aliphatic carbocycles. The van der Waals surface area contributed by atoms with Gasteiger partial charge in [0.25, 0.3) is 0 Å². The minimum Gasteiger partial charge on any atom is -0.437 e. The molecule has 0 aliphatic heterocycles. The van der Waals surface area contributed by atoms with Crippen LogP contribution in [0.2, 0.25) is 10.0 Å². The fourth-order valence-corrected chi connectivity index (χ4v) is 1.72. The topological polar surface area (TPSA) is 22.1 Å². The van der Waals surface area contributed by atoms with Crippen molar-refractivity contribution in [3.05, 3.63) is 52.1 Å². The molecule has 0 radical (unpaired) electrons. The number of nitrogens with zero attached hydrogens (tertiary/aromatic N) is 1. The summed E-state index contributed by atoms with van der Waals surface area (Å²) in [7, 11) is 0. The highest BCUT2D eigenvalue weighted by Crippen LogP contribution is 2.31. The molecule has 2 rings (SSSR count). The quantitative estimate of drug-likeness (QED) is 0.748. The maximum absolute atomic E-state index is 5.98. The van der Waals surface area contributed by atoms with E-state index < -0.39 is 0 Å². The molecule has 17 heavy (non-hydrogen) atoms. The maximum Gasteiger partial charge on any atom is 0.219 e. The van der Waals surface area contributed by atoms with E-state index in [-0.39, 0.29) is 0 Å². The van der Waals surface area contributed by atoms with E-state index in [2.05, 4.69) is 4.98 Å². The largest absolute Gasteiger partial charge is 0.437 e. The Hall–Kier alpha value is -0.960. The molecule has 1 aromatic heterocycles. The van der Waals surface area contributed by atoms with Crippen molar-refractivity contribution >= 4 is 34.8 Å². The number of aromatic nitrogens is 1. The van der Waals surface area contributed by atoms with Crippen LogP contribution in [0.5, 0.6) is 11.6 Å². The van der Waals surface area contributed by atoms with Crippen molar-refractivity contribution in [3.8, 4) is 11.6 Å². The summed E-state index contributed by atoms with van der Waals surface area (Å²) in [4.78, 5) is 4.20. The Morgan fingerprint density at radius 3 is 2.71 bits per heavy atom. The molecular weight excluding hydrogens is 280 g/mol. The first-order valence-corrected chi connectivity index (χ1v) is 6.13. The summed E-state index contributed by atoms with van der Waals surface area (Å²) >= 11 is 17.5. The van der Waals surface area contributed by atoms with Gasteiger partial charge in [0.15, 0.2) is 0 Å². The van der Waals surface area contributed by atoms with Gasteiger partial charge in [0, 0.05) is 17.2 Å². The SMILES string of the molecule is ClCc1cccc(Oc2cc(Cl)ccc2Cl)n1. The fourth-order valence-electron chi connectivity index (χ4n) is 1.26. The Labute approximate surface area is 114 Å². The van der Waals surface area contributed by atoms with E-state index in [0.717, 1.165) is 5.69 Å².